The van der Waals surface area contributed by atoms with Gasteiger partial charge in [-0.1, -0.05) is 30.7 Å². The maximum Gasteiger partial charge on any atom is 0.263 e. The van der Waals surface area contributed by atoms with Crippen LogP contribution in [0, 0.1) is 0 Å². The van der Waals surface area contributed by atoms with Crippen LogP contribution in [0.2, 0.25) is 4.34 Å². The second-order valence-corrected chi connectivity index (χ2v) is 6.70. The Kier molecular flexibility index (Phi) is 6.01. The normalized spacial score (nSPS) is 10.3. The summed E-state index contributed by atoms with van der Waals surface area (Å²) in [5, 5.41) is 5.62. The van der Waals surface area contributed by atoms with E-state index < -0.39 is 0 Å². The highest BCUT2D eigenvalue weighted by atomic mass is 35.5. The molecule has 0 unspecified atom stereocenters. The molecule has 23 heavy (non-hydrogen) atoms. The van der Waals surface area contributed by atoms with Crippen molar-refractivity contribution in [3.8, 4) is 0 Å². The molecule has 2 rings (SSSR count). The van der Waals surface area contributed by atoms with Gasteiger partial charge in [0.05, 0.1) is 10.0 Å². The van der Waals surface area contributed by atoms with Gasteiger partial charge in [0.15, 0.2) is 0 Å². The molecule has 0 fully saturated rings. The zero-order chi connectivity index (χ0) is 16.8. The Labute approximate surface area is 143 Å². The molecule has 2 aromatic rings. The molecule has 1 aromatic carbocycles. The van der Waals surface area contributed by atoms with Gasteiger partial charge in [0, 0.05) is 18.7 Å². The van der Waals surface area contributed by atoms with E-state index in [1.807, 2.05) is 31.2 Å². The molecule has 0 saturated heterocycles. The van der Waals surface area contributed by atoms with Gasteiger partial charge in [-0.3, -0.25) is 9.59 Å². The van der Waals surface area contributed by atoms with Gasteiger partial charge in [-0.2, -0.15) is 0 Å². The number of nitrogens with one attached hydrogen (secondary N) is 2. The zero-order valence-corrected chi connectivity index (χ0v) is 14.3. The lowest BCUT2D eigenvalue weighted by Crippen LogP contribution is -2.22. The Morgan fingerprint density at radius 2 is 2.09 bits per heavy atom. The molecule has 0 atom stereocenters. The quantitative estimate of drug-likeness (QED) is 0.742. The van der Waals surface area contributed by atoms with Crippen molar-refractivity contribution >= 4 is 46.1 Å². The number of anilines is 2. The van der Waals surface area contributed by atoms with Crippen LogP contribution in [0.5, 0.6) is 0 Å². The number of benzene rings is 1. The van der Waals surface area contributed by atoms with Gasteiger partial charge in [0.25, 0.3) is 5.91 Å². The molecule has 0 aliphatic heterocycles. The number of amides is 2. The molecule has 0 saturated carbocycles. The van der Waals surface area contributed by atoms with Gasteiger partial charge >= 0.3 is 0 Å². The first-order chi connectivity index (χ1) is 11.0. The van der Waals surface area contributed by atoms with Crippen LogP contribution in [0.1, 0.15) is 35.0 Å². The molecular weight excluding hydrogens is 334 g/mol. The number of nitrogen functional groups attached to an aromatic ring is 1. The van der Waals surface area contributed by atoms with Gasteiger partial charge in [-0.05, 0) is 30.2 Å². The first kappa shape index (κ1) is 17.3. The number of nitrogens with two attached hydrogens (primary N) is 1. The lowest BCUT2D eigenvalue weighted by Gasteiger charge is -2.08. The van der Waals surface area contributed by atoms with Gasteiger partial charge in [-0.25, -0.2) is 0 Å². The van der Waals surface area contributed by atoms with E-state index in [2.05, 4.69) is 10.6 Å². The van der Waals surface area contributed by atoms with Gasteiger partial charge in [-0.15, -0.1) is 11.3 Å². The summed E-state index contributed by atoms with van der Waals surface area (Å²) in [5.41, 5.74) is 7.71. The summed E-state index contributed by atoms with van der Waals surface area (Å²) in [6, 6.07) is 8.92. The van der Waals surface area contributed by atoms with E-state index >= 15 is 0 Å². The fraction of sp³-hybridized carbons (Fsp3) is 0.250. The zero-order valence-electron chi connectivity index (χ0n) is 12.7. The summed E-state index contributed by atoms with van der Waals surface area (Å²) in [4.78, 5) is 24.1. The number of carbonyl (C=O) groups is 2. The van der Waals surface area contributed by atoms with E-state index in [4.69, 9.17) is 17.3 Å². The molecule has 7 heteroatoms. The number of hydrogen-bond acceptors (Lipinski definition) is 4. The van der Waals surface area contributed by atoms with E-state index in [1.165, 1.54) is 0 Å². The van der Waals surface area contributed by atoms with Crippen molar-refractivity contribution < 1.29 is 9.59 Å². The standard InChI is InChI=1S/C16H18ClN3O2S/c1-2-4-14(21)20-11-6-3-5-10(7-11)9-19-16(22)15-12(18)8-13(17)23-15/h3,5-8H,2,4,9,18H2,1H3,(H,19,22)(H,20,21). The summed E-state index contributed by atoms with van der Waals surface area (Å²) < 4.78 is 0.480. The fourth-order valence-corrected chi connectivity index (χ4v) is 3.09. The number of rotatable bonds is 6. The van der Waals surface area contributed by atoms with Crippen LogP contribution in [0.4, 0.5) is 11.4 Å². The number of hydrogen-bond donors (Lipinski definition) is 3. The van der Waals surface area contributed by atoms with Crippen LogP contribution in [0.3, 0.4) is 0 Å². The van der Waals surface area contributed by atoms with Crippen LogP contribution in [0.25, 0.3) is 0 Å². The number of carbonyl (C=O) groups excluding carboxylic acids is 2. The van der Waals surface area contributed by atoms with E-state index in [-0.39, 0.29) is 11.8 Å². The largest absolute Gasteiger partial charge is 0.397 e. The van der Waals surface area contributed by atoms with Crippen molar-refractivity contribution in [3.63, 3.8) is 0 Å². The molecule has 5 nitrogen and oxygen atoms in total. The Bertz CT molecular complexity index is 715. The van der Waals surface area contributed by atoms with Crippen LogP contribution < -0.4 is 16.4 Å². The molecule has 0 bridgehead atoms. The van der Waals surface area contributed by atoms with Gasteiger partial charge < -0.3 is 16.4 Å². The molecule has 122 valence electrons. The lowest BCUT2D eigenvalue weighted by atomic mass is 10.2. The van der Waals surface area contributed by atoms with Crippen molar-refractivity contribution in [2.24, 2.45) is 0 Å². The summed E-state index contributed by atoms with van der Waals surface area (Å²) in [6.45, 7) is 2.29. The number of halogens is 1. The highest BCUT2D eigenvalue weighted by Gasteiger charge is 2.13. The smallest absolute Gasteiger partial charge is 0.263 e. The monoisotopic (exact) mass is 351 g/mol. The highest BCUT2D eigenvalue weighted by Crippen LogP contribution is 2.28. The third-order valence-electron chi connectivity index (χ3n) is 3.08. The van der Waals surface area contributed by atoms with Crippen molar-refractivity contribution in [2.75, 3.05) is 11.1 Å². The average molecular weight is 352 g/mol. The minimum absolute atomic E-state index is 0.0188. The summed E-state index contributed by atoms with van der Waals surface area (Å²) in [6.07, 6.45) is 1.28. The highest BCUT2D eigenvalue weighted by molar-refractivity contribution is 7.18. The van der Waals surface area contributed by atoms with Crippen molar-refractivity contribution in [1.29, 1.82) is 0 Å². The van der Waals surface area contributed by atoms with E-state index in [0.29, 0.717) is 33.6 Å². The van der Waals surface area contributed by atoms with E-state index in [0.717, 1.165) is 23.3 Å². The van der Waals surface area contributed by atoms with Crippen LogP contribution in [-0.4, -0.2) is 11.8 Å². The topological polar surface area (TPSA) is 84.2 Å². The van der Waals surface area contributed by atoms with Crippen molar-refractivity contribution in [1.82, 2.24) is 5.32 Å². The lowest BCUT2D eigenvalue weighted by molar-refractivity contribution is -0.116. The first-order valence-electron chi connectivity index (χ1n) is 7.21. The molecule has 1 aromatic heterocycles. The average Bonchev–Trinajstić information content (AvgIpc) is 2.84. The van der Waals surface area contributed by atoms with Crippen LogP contribution in [0.15, 0.2) is 30.3 Å². The van der Waals surface area contributed by atoms with Crippen molar-refractivity contribution in [3.05, 3.63) is 45.1 Å². The minimum atomic E-state index is -0.264. The predicted molar refractivity (Wildman–Crippen MR) is 94.9 cm³/mol. The molecule has 0 aliphatic rings. The Morgan fingerprint density at radius 3 is 2.74 bits per heavy atom. The summed E-state index contributed by atoms with van der Waals surface area (Å²) >= 11 is 6.99. The van der Waals surface area contributed by atoms with Crippen LogP contribution in [-0.2, 0) is 11.3 Å². The predicted octanol–water partition coefficient (Wildman–Crippen LogP) is 3.65. The van der Waals surface area contributed by atoms with Gasteiger partial charge in [0.1, 0.15) is 4.88 Å². The second kappa shape index (κ2) is 7.99. The summed E-state index contributed by atoms with van der Waals surface area (Å²) in [5.74, 6) is -0.283. The molecule has 0 spiro atoms. The van der Waals surface area contributed by atoms with E-state index in [1.54, 1.807) is 6.07 Å². The molecule has 4 N–H and O–H groups in total. The molecule has 2 amide bonds. The number of thiophene rings is 1. The first-order valence-corrected chi connectivity index (χ1v) is 8.41. The molecule has 1 heterocycles. The maximum atomic E-state index is 12.1. The van der Waals surface area contributed by atoms with Crippen LogP contribution >= 0.6 is 22.9 Å². The molecule has 0 radical (unpaired) electrons. The van der Waals surface area contributed by atoms with Crippen molar-refractivity contribution in [2.45, 2.75) is 26.3 Å². The third kappa shape index (κ3) is 4.97. The minimum Gasteiger partial charge on any atom is -0.397 e. The Hall–Kier alpha value is -2.05. The Balaban J connectivity index is 1.96. The molecular formula is C16H18ClN3O2S. The Morgan fingerprint density at radius 1 is 1.30 bits per heavy atom. The second-order valence-electron chi connectivity index (χ2n) is 5.02. The van der Waals surface area contributed by atoms with Gasteiger partial charge in [0.2, 0.25) is 5.91 Å². The maximum absolute atomic E-state index is 12.1. The molecule has 0 aliphatic carbocycles. The fourth-order valence-electron chi connectivity index (χ4n) is 2.02. The third-order valence-corrected chi connectivity index (χ3v) is 4.36. The summed E-state index contributed by atoms with van der Waals surface area (Å²) in [7, 11) is 0. The SMILES string of the molecule is CCCC(=O)Nc1cccc(CNC(=O)c2sc(Cl)cc2N)c1. The van der Waals surface area contributed by atoms with E-state index in [9.17, 15) is 9.59 Å².